The van der Waals surface area contributed by atoms with Crippen LogP contribution in [0.2, 0.25) is 0 Å². The van der Waals surface area contributed by atoms with E-state index < -0.39 is 24.2 Å². The molecule has 0 spiro atoms. The second-order valence-electron chi connectivity index (χ2n) is 7.70. The fourth-order valence-electron chi connectivity index (χ4n) is 4.40. The van der Waals surface area contributed by atoms with E-state index in [1.54, 1.807) is 0 Å². The van der Waals surface area contributed by atoms with E-state index in [0.717, 1.165) is 19.4 Å². The molecular formula is C14H28N7O6S-3. The summed E-state index contributed by atoms with van der Waals surface area (Å²) in [6.45, 7) is 0.758. The molecule has 14 heteroatoms. The van der Waals surface area contributed by atoms with E-state index in [0.29, 0.717) is 5.92 Å². The lowest BCUT2D eigenvalue weighted by atomic mass is 9.83. The van der Waals surface area contributed by atoms with Crippen molar-refractivity contribution in [3.63, 3.8) is 0 Å². The van der Waals surface area contributed by atoms with Crippen LogP contribution in [0.25, 0.3) is 0 Å². The molecule has 13 nitrogen and oxygen atoms in total. The lowest BCUT2D eigenvalue weighted by molar-refractivity contribution is -0.179. The molecule has 1 heterocycles. The Hall–Kier alpha value is -0.170. The highest BCUT2D eigenvalue weighted by Crippen LogP contribution is 2.31. The van der Waals surface area contributed by atoms with E-state index in [9.17, 15) is 31.2 Å². The molecule has 0 bridgehead atoms. The third-order valence-corrected chi connectivity index (χ3v) is 6.72. The van der Waals surface area contributed by atoms with Crippen molar-refractivity contribution in [1.29, 1.82) is 0 Å². The van der Waals surface area contributed by atoms with E-state index in [1.807, 2.05) is 5.01 Å². The van der Waals surface area contributed by atoms with E-state index in [-0.39, 0.29) is 34.0 Å². The predicted molar refractivity (Wildman–Crippen MR) is 99.4 cm³/mol. The molecule has 0 amide bonds. The van der Waals surface area contributed by atoms with Crippen molar-refractivity contribution in [2.24, 2.45) is 5.92 Å². The van der Waals surface area contributed by atoms with E-state index in [4.69, 9.17) is 0 Å². The molecule has 6 N–H and O–H groups in total. The summed E-state index contributed by atoms with van der Waals surface area (Å²) in [5.74, 6) is 0.527. The highest BCUT2D eigenvalue weighted by molar-refractivity contribution is 7.98. The molecule has 28 heavy (non-hydrogen) atoms. The van der Waals surface area contributed by atoms with Crippen LogP contribution < -0.4 is 15.7 Å². The fourth-order valence-corrected chi connectivity index (χ4v) is 5.17. The van der Waals surface area contributed by atoms with E-state index in [1.165, 1.54) is 31.2 Å². The molecule has 1 aliphatic heterocycles. The first-order valence-corrected chi connectivity index (χ1v) is 10.4. The molecule has 164 valence electrons. The highest BCUT2D eigenvalue weighted by atomic mass is 32.2. The maximum atomic E-state index is 11.7. The largest absolute Gasteiger partial charge is 0.762 e. The van der Waals surface area contributed by atoms with Gasteiger partial charge in [-0.05, 0) is 43.5 Å². The Kier molecular flexibility index (Phi) is 8.23. The van der Waals surface area contributed by atoms with Gasteiger partial charge in [-0.2, -0.15) is 10.4 Å². The molecule has 3 rings (SSSR count). The van der Waals surface area contributed by atoms with Crippen LogP contribution in [0.1, 0.15) is 44.9 Å². The van der Waals surface area contributed by atoms with Gasteiger partial charge in [0.25, 0.3) is 0 Å². The van der Waals surface area contributed by atoms with Gasteiger partial charge in [-0.15, -0.1) is 0 Å². The third-order valence-electron chi connectivity index (χ3n) is 5.89. The Labute approximate surface area is 167 Å². The minimum Gasteiger partial charge on any atom is -0.762 e. The van der Waals surface area contributed by atoms with Crippen LogP contribution in [0.15, 0.2) is 0 Å². The Morgan fingerprint density at radius 3 is 2.11 bits per heavy atom. The molecule has 3 fully saturated rings. The molecule has 2 saturated carbocycles. The average Bonchev–Trinajstić information content (AvgIpc) is 3.08. The number of hydrogen-bond donors (Lipinski definition) is 6. The molecule has 0 aromatic heterocycles. The standard InChI is InChI=1S/C14H28N7O6S/c22-19(23)10-6-11(20(24)25)13(12(7-10)21(26)27)15-14-18(16-17-28-14)8-9-4-2-1-3-5-9/h9-17,22,24,26H,1-8H2/q-3. The predicted octanol–water partition coefficient (Wildman–Crippen LogP) is 0.248. The minimum atomic E-state index is -1.20. The van der Waals surface area contributed by atoms with Crippen molar-refractivity contribution in [2.75, 3.05) is 6.54 Å². The lowest BCUT2D eigenvalue weighted by Gasteiger charge is -2.53. The summed E-state index contributed by atoms with van der Waals surface area (Å²) < 4.78 is 0. The molecular weight excluding hydrogens is 394 g/mol. The van der Waals surface area contributed by atoms with Gasteiger partial charge in [0.1, 0.15) is 5.50 Å². The van der Waals surface area contributed by atoms with Gasteiger partial charge in [0.05, 0.1) is 0 Å². The zero-order valence-electron chi connectivity index (χ0n) is 15.4. The fraction of sp³-hybridized carbons (Fsp3) is 1.00. The molecule has 3 atom stereocenters. The van der Waals surface area contributed by atoms with Crippen LogP contribution in [0.4, 0.5) is 0 Å². The molecule has 3 unspecified atom stereocenters. The Balaban J connectivity index is 1.69. The van der Waals surface area contributed by atoms with Crippen molar-refractivity contribution in [3.05, 3.63) is 15.6 Å². The van der Waals surface area contributed by atoms with E-state index in [2.05, 4.69) is 15.7 Å². The number of hydrogen-bond acceptors (Lipinski definition) is 14. The molecule has 1 saturated heterocycles. The Morgan fingerprint density at radius 1 is 0.964 bits per heavy atom. The van der Waals surface area contributed by atoms with Gasteiger partial charge in [-0.25, -0.2) is 5.01 Å². The van der Waals surface area contributed by atoms with Gasteiger partial charge in [-0.3, -0.25) is 21.0 Å². The van der Waals surface area contributed by atoms with Crippen molar-refractivity contribution in [2.45, 2.75) is 74.6 Å². The summed E-state index contributed by atoms with van der Waals surface area (Å²) in [6, 6.07) is -4.43. The van der Waals surface area contributed by atoms with Crippen molar-refractivity contribution in [1.82, 2.24) is 36.4 Å². The molecule has 0 aromatic rings. The molecule has 0 radical (unpaired) electrons. The van der Waals surface area contributed by atoms with Crippen molar-refractivity contribution in [3.8, 4) is 0 Å². The third kappa shape index (κ3) is 5.50. The van der Waals surface area contributed by atoms with Gasteiger partial charge >= 0.3 is 0 Å². The van der Waals surface area contributed by atoms with Gasteiger partial charge in [0, 0.05) is 30.7 Å². The SMILES string of the molecule is [O-]N(O)C1CC(N([O-])O)C(NC2SNNN2CC2CCCCC2)C(N([O-])O)C1. The normalized spacial score (nSPS) is 36.1. The zero-order valence-corrected chi connectivity index (χ0v) is 16.2. The summed E-state index contributed by atoms with van der Waals surface area (Å²) in [5, 5.41) is 67.0. The maximum absolute atomic E-state index is 11.7. The number of nitrogens with one attached hydrogen (secondary N) is 3. The van der Waals surface area contributed by atoms with Crippen LogP contribution in [-0.2, 0) is 0 Å². The van der Waals surface area contributed by atoms with Gasteiger partial charge in [0.15, 0.2) is 0 Å². The average molecular weight is 422 g/mol. The van der Waals surface area contributed by atoms with Crippen LogP contribution in [0.5, 0.6) is 0 Å². The molecule has 2 aliphatic carbocycles. The maximum Gasteiger partial charge on any atom is 0.138 e. The van der Waals surface area contributed by atoms with Gasteiger partial charge < -0.3 is 31.2 Å². The van der Waals surface area contributed by atoms with Crippen molar-refractivity contribution >= 4 is 11.9 Å². The summed E-state index contributed by atoms with van der Waals surface area (Å²) in [5.41, 5.74) is 2.67. The first-order chi connectivity index (χ1) is 13.4. The van der Waals surface area contributed by atoms with E-state index >= 15 is 0 Å². The summed E-state index contributed by atoms with van der Waals surface area (Å²) >= 11 is 1.30. The summed E-state index contributed by atoms with van der Waals surface area (Å²) in [4.78, 5) is 2.94. The number of rotatable bonds is 7. The Morgan fingerprint density at radius 2 is 1.57 bits per heavy atom. The first kappa shape index (κ1) is 22.5. The quantitative estimate of drug-likeness (QED) is 0.243. The smallest absolute Gasteiger partial charge is 0.138 e. The topological polar surface area (TPSA) is 179 Å². The molecule has 0 aromatic carbocycles. The zero-order chi connectivity index (χ0) is 20.3. The second-order valence-corrected chi connectivity index (χ2v) is 8.59. The highest BCUT2D eigenvalue weighted by Gasteiger charge is 2.42. The van der Waals surface area contributed by atoms with Crippen LogP contribution in [-0.4, -0.2) is 72.5 Å². The number of hydroxylamine groups is 6. The number of hydrazine groups is 2. The summed E-state index contributed by atoms with van der Waals surface area (Å²) in [6.07, 6.45) is 5.59. The lowest BCUT2D eigenvalue weighted by Crippen LogP contribution is -2.66. The summed E-state index contributed by atoms with van der Waals surface area (Å²) in [7, 11) is 0. The monoisotopic (exact) mass is 422 g/mol. The second kappa shape index (κ2) is 10.2. The van der Waals surface area contributed by atoms with Crippen LogP contribution >= 0.6 is 11.9 Å². The van der Waals surface area contributed by atoms with Crippen LogP contribution in [0, 0.1) is 21.5 Å². The van der Waals surface area contributed by atoms with Gasteiger partial charge in [0.2, 0.25) is 0 Å². The Bertz CT molecular complexity index is 469. The minimum absolute atomic E-state index is 0.164. The van der Waals surface area contributed by atoms with Crippen molar-refractivity contribution < 1.29 is 15.6 Å². The molecule has 3 aliphatic rings. The van der Waals surface area contributed by atoms with Crippen LogP contribution in [0.3, 0.4) is 0 Å². The van der Waals surface area contributed by atoms with Gasteiger partial charge in [-0.1, -0.05) is 19.3 Å². The first-order valence-electron chi connectivity index (χ1n) is 9.51. The number of nitrogens with zero attached hydrogens (tertiary/aromatic N) is 4.